The number of hydrogen-bond donors (Lipinski definition) is 3. The Morgan fingerprint density at radius 3 is 2.50 bits per heavy atom. The van der Waals surface area contributed by atoms with Gasteiger partial charge in [-0.05, 0) is 44.2 Å². The van der Waals surface area contributed by atoms with Gasteiger partial charge in [-0.25, -0.2) is 4.98 Å². The first-order chi connectivity index (χ1) is 8.69. The zero-order valence-electron chi connectivity index (χ0n) is 11.2. The molecule has 5 N–H and O–H groups in total. The molecule has 0 unspecified atom stereocenters. The maximum absolute atomic E-state index is 12.1. The third-order valence-corrected chi connectivity index (χ3v) is 3.60. The van der Waals surface area contributed by atoms with Crippen LogP contribution in [-0.2, 0) is 4.79 Å². The Kier molecular flexibility index (Phi) is 8.53. The molecule has 7 heteroatoms. The van der Waals surface area contributed by atoms with Crippen LogP contribution in [0.2, 0.25) is 0 Å². The van der Waals surface area contributed by atoms with Crippen molar-refractivity contribution in [2.75, 3.05) is 17.6 Å². The number of hydrogen-bond acceptors (Lipinski definition) is 4. The van der Waals surface area contributed by atoms with Gasteiger partial charge in [0.1, 0.15) is 5.82 Å². The predicted octanol–water partition coefficient (Wildman–Crippen LogP) is 2.21. The van der Waals surface area contributed by atoms with Crippen LogP contribution in [-0.4, -0.2) is 17.4 Å². The van der Waals surface area contributed by atoms with Crippen LogP contribution < -0.4 is 16.8 Å². The van der Waals surface area contributed by atoms with Crippen LogP contribution in [0.3, 0.4) is 0 Å². The van der Waals surface area contributed by atoms with Gasteiger partial charge < -0.3 is 16.8 Å². The van der Waals surface area contributed by atoms with Crippen LogP contribution in [0.5, 0.6) is 0 Å². The molecule has 1 heterocycles. The fourth-order valence-corrected chi connectivity index (χ4v) is 2.43. The Morgan fingerprint density at radius 1 is 1.30 bits per heavy atom. The van der Waals surface area contributed by atoms with E-state index in [1.165, 1.54) is 0 Å². The average Bonchev–Trinajstić information content (AvgIpc) is 2.39. The fourth-order valence-electron chi connectivity index (χ4n) is 2.43. The van der Waals surface area contributed by atoms with Gasteiger partial charge in [-0.1, -0.05) is 0 Å². The van der Waals surface area contributed by atoms with Gasteiger partial charge in [0.15, 0.2) is 0 Å². The summed E-state index contributed by atoms with van der Waals surface area (Å²) in [6, 6.07) is 3.42. The van der Waals surface area contributed by atoms with Gasteiger partial charge in [0.05, 0.1) is 0 Å². The zero-order chi connectivity index (χ0) is 13.0. The van der Waals surface area contributed by atoms with E-state index < -0.39 is 0 Å². The van der Waals surface area contributed by atoms with Crippen molar-refractivity contribution in [3.8, 4) is 0 Å². The molecule has 0 aromatic carbocycles. The Morgan fingerprint density at radius 2 is 1.95 bits per heavy atom. The zero-order valence-corrected chi connectivity index (χ0v) is 12.9. The first-order valence-corrected chi connectivity index (χ1v) is 6.41. The van der Waals surface area contributed by atoms with Crippen LogP contribution in [0, 0.1) is 11.8 Å². The van der Waals surface area contributed by atoms with Crippen LogP contribution in [0.1, 0.15) is 25.7 Å². The van der Waals surface area contributed by atoms with Crippen LogP contribution in [0.25, 0.3) is 0 Å². The van der Waals surface area contributed by atoms with Crippen molar-refractivity contribution in [2.45, 2.75) is 25.7 Å². The summed E-state index contributed by atoms with van der Waals surface area (Å²) in [5.41, 5.74) is 11.9. The number of anilines is 2. The number of carbonyl (C=O) groups excluding carboxylic acids is 1. The monoisotopic (exact) mass is 320 g/mol. The molecule has 0 atom stereocenters. The number of rotatable bonds is 3. The first-order valence-electron chi connectivity index (χ1n) is 6.41. The van der Waals surface area contributed by atoms with Gasteiger partial charge >= 0.3 is 0 Å². The highest BCUT2D eigenvalue weighted by molar-refractivity contribution is 5.92. The third kappa shape index (κ3) is 5.15. The molecule has 1 aromatic rings. The lowest BCUT2D eigenvalue weighted by atomic mass is 9.81. The van der Waals surface area contributed by atoms with Crippen molar-refractivity contribution in [3.63, 3.8) is 0 Å². The van der Waals surface area contributed by atoms with Crippen molar-refractivity contribution in [3.05, 3.63) is 18.3 Å². The molecule has 0 radical (unpaired) electrons. The van der Waals surface area contributed by atoms with E-state index >= 15 is 0 Å². The Hall–Kier alpha value is -1.04. The summed E-state index contributed by atoms with van der Waals surface area (Å²) in [5, 5.41) is 2.90. The molecule has 1 fully saturated rings. The Labute approximate surface area is 131 Å². The molecule has 1 amide bonds. The quantitative estimate of drug-likeness (QED) is 0.795. The molecular weight excluding hydrogens is 299 g/mol. The van der Waals surface area contributed by atoms with Crippen molar-refractivity contribution in [2.24, 2.45) is 17.6 Å². The van der Waals surface area contributed by atoms with Crippen molar-refractivity contribution in [1.82, 2.24) is 4.98 Å². The number of nitrogens with two attached hydrogens (primary N) is 2. The topological polar surface area (TPSA) is 94.0 Å². The van der Waals surface area contributed by atoms with E-state index in [9.17, 15) is 4.79 Å². The number of nitrogens with zero attached hydrogens (tertiary/aromatic N) is 1. The molecule has 0 bridgehead atoms. The highest BCUT2D eigenvalue weighted by Gasteiger charge is 2.25. The minimum Gasteiger partial charge on any atom is -0.384 e. The molecule has 5 nitrogen and oxygen atoms in total. The molecule has 0 aliphatic heterocycles. The second-order valence-corrected chi connectivity index (χ2v) is 4.91. The van der Waals surface area contributed by atoms with E-state index in [0.29, 0.717) is 17.4 Å². The summed E-state index contributed by atoms with van der Waals surface area (Å²) < 4.78 is 0. The number of carbonyl (C=O) groups is 1. The summed E-state index contributed by atoms with van der Waals surface area (Å²) in [4.78, 5) is 16.0. The summed E-state index contributed by atoms with van der Waals surface area (Å²) in [6.07, 6.45) is 5.54. The van der Waals surface area contributed by atoms with E-state index in [-0.39, 0.29) is 36.6 Å². The van der Waals surface area contributed by atoms with Gasteiger partial charge in [-0.2, -0.15) is 0 Å². The minimum absolute atomic E-state index is 0. The lowest BCUT2D eigenvalue weighted by Gasteiger charge is -2.26. The van der Waals surface area contributed by atoms with E-state index in [4.69, 9.17) is 11.5 Å². The van der Waals surface area contributed by atoms with Crippen LogP contribution in [0.4, 0.5) is 11.5 Å². The molecule has 1 aliphatic carbocycles. The molecule has 2 rings (SSSR count). The maximum atomic E-state index is 12.1. The second-order valence-electron chi connectivity index (χ2n) is 4.91. The molecule has 20 heavy (non-hydrogen) atoms. The molecular formula is C13H22Cl2N4O. The lowest BCUT2D eigenvalue weighted by Crippen LogP contribution is -2.29. The van der Waals surface area contributed by atoms with Gasteiger partial charge in [0, 0.05) is 23.9 Å². The number of amides is 1. The highest BCUT2D eigenvalue weighted by atomic mass is 35.5. The summed E-state index contributed by atoms with van der Waals surface area (Å²) in [5.74, 6) is 1.18. The van der Waals surface area contributed by atoms with Gasteiger partial charge in [-0.15, -0.1) is 24.8 Å². The van der Waals surface area contributed by atoms with Gasteiger partial charge in [0.2, 0.25) is 5.91 Å². The smallest absolute Gasteiger partial charge is 0.227 e. The van der Waals surface area contributed by atoms with Gasteiger partial charge in [0.25, 0.3) is 0 Å². The predicted molar refractivity (Wildman–Crippen MR) is 86.3 cm³/mol. The maximum Gasteiger partial charge on any atom is 0.227 e. The van der Waals surface area contributed by atoms with Crippen molar-refractivity contribution < 1.29 is 4.79 Å². The highest BCUT2D eigenvalue weighted by Crippen LogP contribution is 2.29. The molecule has 1 aliphatic rings. The van der Waals surface area contributed by atoms with E-state index in [1.807, 2.05) is 0 Å². The molecule has 1 saturated carbocycles. The number of halogens is 2. The van der Waals surface area contributed by atoms with E-state index in [0.717, 1.165) is 32.2 Å². The first kappa shape index (κ1) is 19.0. The summed E-state index contributed by atoms with van der Waals surface area (Å²) in [7, 11) is 0. The number of nitrogens with one attached hydrogen (secondary N) is 1. The Bertz CT molecular complexity index is 423. The SMILES string of the molecule is Cl.Cl.NCC1CCC(C(=O)Nc2ccnc(N)c2)CC1. The van der Waals surface area contributed by atoms with Crippen LogP contribution in [0.15, 0.2) is 18.3 Å². The molecule has 114 valence electrons. The normalized spacial score (nSPS) is 21.2. The van der Waals surface area contributed by atoms with E-state index in [1.54, 1.807) is 18.3 Å². The lowest BCUT2D eigenvalue weighted by molar-refractivity contribution is -0.121. The summed E-state index contributed by atoms with van der Waals surface area (Å²) >= 11 is 0. The average molecular weight is 321 g/mol. The third-order valence-electron chi connectivity index (χ3n) is 3.60. The fraction of sp³-hybridized carbons (Fsp3) is 0.538. The molecule has 0 spiro atoms. The van der Waals surface area contributed by atoms with E-state index in [2.05, 4.69) is 10.3 Å². The minimum atomic E-state index is 0. The Balaban J connectivity index is 0.00000180. The summed E-state index contributed by atoms with van der Waals surface area (Å²) in [6.45, 7) is 0.731. The number of nitrogen functional groups attached to an aromatic ring is 1. The van der Waals surface area contributed by atoms with Crippen molar-refractivity contribution in [1.29, 1.82) is 0 Å². The molecule has 1 aromatic heterocycles. The molecule has 0 saturated heterocycles. The van der Waals surface area contributed by atoms with Crippen LogP contribution >= 0.6 is 24.8 Å². The number of aromatic nitrogens is 1. The van der Waals surface area contributed by atoms with Crippen molar-refractivity contribution >= 4 is 42.2 Å². The van der Waals surface area contributed by atoms with Gasteiger partial charge in [-0.3, -0.25) is 4.79 Å². The second kappa shape index (κ2) is 9.00. The number of pyridine rings is 1. The standard InChI is InChI=1S/C13H20N4O.2ClH/c14-8-9-1-3-10(4-2-9)13(18)17-11-5-6-16-12(15)7-11;;/h5-7,9-10H,1-4,8,14H2,(H3,15,16,17,18);2*1H. The largest absolute Gasteiger partial charge is 0.384 e.